The molecule has 3 N–H and O–H groups in total. The van der Waals surface area contributed by atoms with Crippen molar-refractivity contribution in [3.8, 4) is 11.1 Å². The molecule has 0 saturated carbocycles. The minimum absolute atomic E-state index is 0.0646. The number of nitrogens with zero attached hydrogens (tertiary/aromatic N) is 1. The van der Waals surface area contributed by atoms with E-state index in [0.717, 1.165) is 29.0 Å². The monoisotopic (exact) mass is 542 g/mol. The van der Waals surface area contributed by atoms with Crippen molar-refractivity contribution < 1.29 is 22.4 Å². The first-order chi connectivity index (χ1) is 17.6. The normalized spacial score (nSPS) is 13.8. The molecule has 1 aliphatic rings. The van der Waals surface area contributed by atoms with E-state index in [0.29, 0.717) is 18.7 Å². The van der Waals surface area contributed by atoms with E-state index >= 15 is 0 Å². The molecule has 8 nitrogen and oxygen atoms in total. The number of carbonyl (C=O) groups is 2. The van der Waals surface area contributed by atoms with E-state index in [1.54, 1.807) is 23.1 Å². The van der Waals surface area contributed by atoms with Crippen molar-refractivity contribution in [1.82, 2.24) is 10.0 Å². The molecule has 3 aromatic carbocycles. The summed E-state index contributed by atoms with van der Waals surface area (Å²) in [7, 11) is -3.34. The predicted molar refractivity (Wildman–Crippen MR) is 142 cm³/mol. The fourth-order valence-corrected chi connectivity index (χ4v) is 4.45. The molecular formula is C26H24ClFN4O4S. The van der Waals surface area contributed by atoms with Crippen LogP contribution < -0.4 is 20.3 Å². The minimum atomic E-state index is -3.34. The molecule has 0 aromatic heterocycles. The highest BCUT2D eigenvalue weighted by atomic mass is 35.5. The van der Waals surface area contributed by atoms with Gasteiger partial charge >= 0.3 is 6.03 Å². The zero-order chi connectivity index (χ0) is 26.6. The molecule has 4 rings (SSSR count). The van der Waals surface area contributed by atoms with Crippen molar-refractivity contribution in [3.63, 3.8) is 0 Å². The first-order valence-electron chi connectivity index (χ1n) is 11.3. The van der Waals surface area contributed by atoms with Gasteiger partial charge in [0.1, 0.15) is 11.5 Å². The van der Waals surface area contributed by atoms with Crippen LogP contribution in [0, 0.1) is 5.82 Å². The summed E-state index contributed by atoms with van der Waals surface area (Å²) in [6, 6.07) is 17.8. The van der Waals surface area contributed by atoms with E-state index in [-0.39, 0.29) is 23.0 Å². The smallest absolute Gasteiger partial charge is 0.307 e. The third kappa shape index (κ3) is 6.73. The van der Waals surface area contributed by atoms with Crippen LogP contribution in [0.1, 0.15) is 12.0 Å². The third-order valence-electron chi connectivity index (χ3n) is 5.64. The SMILES string of the molecule is CS(=O)(=O)NCc1ccccc1-c1ccc(N2CCC=C(NC(=O)Nc3ccc(Cl)cc3F)C2=O)cc1. The highest BCUT2D eigenvalue weighted by molar-refractivity contribution is 7.88. The van der Waals surface area contributed by atoms with E-state index in [1.165, 1.54) is 12.1 Å². The van der Waals surface area contributed by atoms with Crippen LogP contribution >= 0.6 is 11.6 Å². The fraction of sp³-hybridized carbons (Fsp3) is 0.154. The van der Waals surface area contributed by atoms with E-state index in [9.17, 15) is 22.4 Å². The molecule has 0 saturated heterocycles. The average molecular weight is 543 g/mol. The second-order valence-corrected chi connectivity index (χ2v) is 10.6. The van der Waals surface area contributed by atoms with Gasteiger partial charge in [0.05, 0.1) is 11.9 Å². The molecule has 0 bridgehead atoms. The van der Waals surface area contributed by atoms with Gasteiger partial charge < -0.3 is 15.5 Å². The highest BCUT2D eigenvalue weighted by Gasteiger charge is 2.25. The predicted octanol–water partition coefficient (Wildman–Crippen LogP) is 4.64. The molecule has 0 spiro atoms. The van der Waals surface area contributed by atoms with Gasteiger partial charge in [-0.25, -0.2) is 22.3 Å². The Labute approximate surface area is 219 Å². The quantitative estimate of drug-likeness (QED) is 0.404. The summed E-state index contributed by atoms with van der Waals surface area (Å²) in [4.78, 5) is 27.0. The van der Waals surface area contributed by atoms with E-state index in [2.05, 4.69) is 15.4 Å². The number of hydrogen-bond donors (Lipinski definition) is 3. The number of nitrogens with one attached hydrogen (secondary N) is 3. The largest absolute Gasteiger partial charge is 0.323 e. The van der Waals surface area contributed by atoms with Crippen molar-refractivity contribution >= 4 is 44.9 Å². The van der Waals surface area contributed by atoms with E-state index in [1.807, 2.05) is 36.4 Å². The molecule has 192 valence electrons. The maximum Gasteiger partial charge on any atom is 0.323 e. The molecule has 3 aromatic rings. The molecule has 0 unspecified atom stereocenters. The molecule has 1 heterocycles. The second-order valence-electron chi connectivity index (χ2n) is 8.36. The van der Waals surface area contributed by atoms with Gasteiger partial charge in [-0.1, -0.05) is 54.1 Å². The lowest BCUT2D eigenvalue weighted by Crippen LogP contribution is -2.42. The number of amides is 3. The van der Waals surface area contributed by atoms with Gasteiger partial charge in [-0.05, 0) is 53.4 Å². The number of benzene rings is 3. The number of carbonyl (C=O) groups excluding carboxylic acids is 2. The van der Waals surface area contributed by atoms with Gasteiger partial charge in [0.25, 0.3) is 5.91 Å². The zero-order valence-electron chi connectivity index (χ0n) is 19.8. The van der Waals surface area contributed by atoms with Crippen LogP contribution in [0.25, 0.3) is 11.1 Å². The van der Waals surface area contributed by atoms with Gasteiger partial charge in [-0.15, -0.1) is 0 Å². The number of urea groups is 1. The maximum atomic E-state index is 14.0. The Hall–Kier alpha value is -3.73. The lowest BCUT2D eigenvalue weighted by molar-refractivity contribution is -0.115. The van der Waals surface area contributed by atoms with E-state index in [4.69, 9.17) is 11.6 Å². The Bertz CT molecular complexity index is 1480. The number of rotatable bonds is 7. The second kappa shape index (κ2) is 11.1. The van der Waals surface area contributed by atoms with Crippen molar-refractivity contribution in [3.05, 3.63) is 94.9 Å². The molecule has 37 heavy (non-hydrogen) atoms. The molecule has 3 amide bonds. The summed E-state index contributed by atoms with van der Waals surface area (Å²) >= 11 is 5.73. The minimum Gasteiger partial charge on any atom is -0.307 e. The molecule has 0 radical (unpaired) electrons. The van der Waals surface area contributed by atoms with Crippen molar-refractivity contribution in [2.75, 3.05) is 23.0 Å². The summed E-state index contributed by atoms with van der Waals surface area (Å²) in [6.45, 7) is 0.578. The van der Waals surface area contributed by atoms with Crippen molar-refractivity contribution in [1.29, 1.82) is 0 Å². The highest BCUT2D eigenvalue weighted by Crippen LogP contribution is 2.28. The topological polar surface area (TPSA) is 108 Å². The molecule has 1 aliphatic heterocycles. The maximum absolute atomic E-state index is 14.0. The molecular weight excluding hydrogens is 519 g/mol. The fourth-order valence-electron chi connectivity index (χ4n) is 3.88. The Morgan fingerprint density at radius 2 is 1.78 bits per heavy atom. The summed E-state index contributed by atoms with van der Waals surface area (Å²) in [5, 5.41) is 5.06. The first kappa shape index (κ1) is 26.3. The number of anilines is 2. The van der Waals surface area contributed by atoms with Crippen LogP contribution in [0.4, 0.5) is 20.6 Å². The van der Waals surface area contributed by atoms with Gasteiger partial charge in [-0.2, -0.15) is 0 Å². The van der Waals surface area contributed by atoms with E-state index < -0.39 is 27.8 Å². The molecule has 0 aliphatic carbocycles. The van der Waals surface area contributed by atoms with Gasteiger partial charge in [0, 0.05) is 23.8 Å². The van der Waals surface area contributed by atoms with Crippen LogP contribution in [0.5, 0.6) is 0 Å². The average Bonchev–Trinajstić information content (AvgIpc) is 2.86. The lowest BCUT2D eigenvalue weighted by atomic mass is 9.99. The molecule has 0 atom stereocenters. The van der Waals surface area contributed by atoms with Crippen LogP contribution in [-0.2, 0) is 21.4 Å². The first-order valence-corrected chi connectivity index (χ1v) is 13.6. The zero-order valence-corrected chi connectivity index (χ0v) is 21.4. The molecule has 11 heteroatoms. The van der Waals surface area contributed by atoms with Gasteiger partial charge in [-0.3, -0.25) is 4.79 Å². The number of sulfonamides is 1. The molecule has 0 fully saturated rings. The summed E-state index contributed by atoms with van der Waals surface area (Å²) < 4.78 is 39.5. The summed E-state index contributed by atoms with van der Waals surface area (Å²) in [6.07, 6.45) is 3.24. The van der Waals surface area contributed by atoms with Crippen LogP contribution in [0.3, 0.4) is 0 Å². The Morgan fingerprint density at radius 1 is 1.05 bits per heavy atom. The Balaban J connectivity index is 1.45. The van der Waals surface area contributed by atoms with Gasteiger partial charge in [0.2, 0.25) is 10.0 Å². The lowest BCUT2D eigenvalue weighted by Gasteiger charge is -2.27. The third-order valence-corrected chi connectivity index (χ3v) is 6.54. The number of halogens is 2. The van der Waals surface area contributed by atoms with Crippen LogP contribution in [0.15, 0.2) is 78.5 Å². The van der Waals surface area contributed by atoms with Crippen molar-refractivity contribution in [2.24, 2.45) is 0 Å². The van der Waals surface area contributed by atoms with Crippen LogP contribution in [0.2, 0.25) is 5.02 Å². The Kier molecular flexibility index (Phi) is 7.91. The standard InChI is InChI=1S/C26H24ClFN4O4S/c1-37(35,36)29-16-18-5-2-3-6-21(18)17-8-11-20(12-9-17)32-14-4-7-24(25(32)33)31-26(34)30-23-13-10-19(27)15-22(23)28/h2-3,5-13,15,29H,4,14,16H2,1H3,(H2,30,31,34). The Morgan fingerprint density at radius 3 is 2.49 bits per heavy atom. The summed E-state index contributed by atoms with van der Waals surface area (Å²) in [5.74, 6) is -1.09. The van der Waals surface area contributed by atoms with Crippen molar-refractivity contribution in [2.45, 2.75) is 13.0 Å². The van der Waals surface area contributed by atoms with Crippen LogP contribution in [-0.4, -0.2) is 33.2 Å². The summed E-state index contributed by atoms with van der Waals surface area (Å²) in [5.41, 5.74) is 3.19. The number of hydrogen-bond acceptors (Lipinski definition) is 4. The van der Waals surface area contributed by atoms with Gasteiger partial charge in [0.15, 0.2) is 0 Å².